The fourth-order valence-corrected chi connectivity index (χ4v) is 5.00. The molecule has 28 heavy (non-hydrogen) atoms. The molecule has 158 valence electrons. The maximum absolute atomic E-state index is 13.1. The van der Waals surface area contributed by atoms with Crippen LogP contribution in [-0.4, -0.2) is 71.5 Å². The maximum Gasteiger partial charge on any atom is 0.305 e. The summed E-state index contributed by atoms with van der Waals surface area (Å²) in [5, 5.41) is 12.5. The maximum atomic E-state index is 13.1. The zero-order valence-electron chi connectivity index (χ0n) is 16.9. The quantitative estimate of drug-likeness (QED) is 0.719. The van der Waals surface area contributed by atoms with Crippen molar-refractivity contribution in [2.45, 2.75) is 70.3 Å². The number of carboxylic acids is 1. The number of amides is 2. The van der Waals surface area contributed by atoms with Crippen LogP contribution in [0.5, 0.6) is 0 Å². The van der Waals surface area contributed by atoms with Crippen LogP contribution in [0.15, 0.2) is 0 Å². The Balaban J connectivity index is 1.51. The Bertz CT molecular complexity index is 562. The summed E-state index contributed by atoms with van der Waals surface area (Å²) in [5.74, 6) is -0.148. The van der Waals surface area contributed by atoms with Crippen LogP contribution < -0.4 is 5.32 Å². The molecule has 3 fully saturated rings. The van der Waals surface area contributed by atoms with Crippen molar-refractivity contribution < 1.29 is 19.5 Å². The summed E-state index contributed by atoms with van der Waals surface area (Å²) in [6.07, 6.45) is 8.18. The van der Waals surface area contributed by atoms with Gasteiger partial charge in [0.05, 0.1) is 12.3 Å². The Morgan fingerprint density at radius 2 is 1.75 bits per heavy atom. The molecular formula is C21H35N3O4. The molecule has 2 amide bonds. The van der Waals surface area contributed by atoms with Gasteiger partial charge >= 0.3 is 5.97 Å². The summed E-state index contributed by atoms with van der Waals surface area (Å²) in [6, 6.07) is -0.190. The number of nitrogens with one attached hydrogen (secondary N) is 1. The van der Waals surface area contributed by atoms with E-state index in [1.54, 1.807) is 4.90 Å². The second-order valence-corrected chi connectivity index (χ2v) is 8.69. The van der Waals surface area contributed by atoms with Crippen LogP contribution in [0.3, 0.4) is 0 Å². The molecule has 0 saturated carbocycles. The number of carboxylic acid groups (broad SMARTS) is 1. The third kappa shape index (κ3) is 5.69. The van der Waals surface area contributed by atoms with Gasteiger partial charge in [-0.15, -0.1) is 0 Å². The molecule has 7 heteroatoms. The van der Waals surface area contributed by atoms with Crippen molar-refractivity contribution in [1.29, 1.82) is 0 Å². The average Bonchev–Trinajstić information content (AvgIpc) is 2.72. The molecule has 0 aromatic heterocycles. The molecule has 3 aliphatic heterocycles. The summed E-state index contributed by atoms with van der Waals surface area (Å²) in [5.41, 5.74) is 0. The van der Waals surface area contributed by atoms with E-state index >= 15 is 0 Å². The largest absolute Gasteiger partial charge is 0.481 e. The number of carbonyl (C=O) groups excluding carboxylic acids is 2. The van der Waals surface area contributed by atoms with Crippen LogP contribution in [0.25, 0.3) is 0 Å². The minimum Gasteiger partial charge on any atom is -0.481 e. The van der Waals surface area contributed by atoms with Crippen LogP contribution in [0.4, 0.5) is 0 Å². The van der Waals surface area contributed by atoms with Gasteiger partial charge in [-0.25, -0.2) is 0 Å². The Kier molecular flexibility index (Phi) is 7.71. The van der Waals surface area contributed by atoms with Crippen molar-refractivity contribution in [3.8, 4) is 0 Å². The molecular weight excluding hydrogens is 358 g/mol. The Morgan fingerprint density at radius 3 is 2.50 bits per heavy atom. The Hall–Kier alpha value is -1.63. The minimum atomic E-state index is -0.844. The van der Waals surface area contributed by atoms with Gasteiger partial charge in [-0.3, -0.25) is 14.4 Å². The van der Waals surface area contributed by atoms with Gasteiger partial charge in [0.1, 0.15) is 0 Å². The van der Waals surface area contributed by atoms with Crippen molar-refractivity contribution in [3.05, 3.63) is 0 Å². The highest BCUT2D eigenvalue weighted by Crippen LogP contribution is 2.26. The number of aliphatic carboxylic acids is 1. The first-order valence-corrected chi connectivity index (χ1v) is 11.1. The van der Waals surface area contributed by atoms with Gasteiger partial charge in [0.15, 0.2) is 0 Å². The molecule has 0 aromatic carbocycles. The van der Waals surface area contributed by atoms with Gasteiger partial charge in [0.25, 0.3) is 0 Å². The predicted octanol–water partition coefficient (Wildman–Crippen LogP) is 1.86. The number of nitrogens with zero attached hydrogens (tertiary/aromatic N) is 2. The fourth-order valence-electron chi connectivity index (χ4n) is 5.00. The van der Waals surface area contributed by atoms with Gasteiger partial charge in [-0.2, -0.15) is 0 Å². The molecule has 0 aliphatic carbocycles. The number of likely N-dealkylation sites (tertiary alicyclic amines) is 2. The number of carbonyl (C=O) groups is 3. The first kappa shape index (κ1) is 21.1. The third-order valence-corrected chi connectivity index (χ3v) is 6.67. The summed E-state index contributed by atoms with van der Waals surface area (Å²) in [7, 11) is 0. The van der Waals surface area contributed by atoms with Crippen molar-refractivity contribution in [1.82, 2.24) is 15.1 Å². The zero-order valence-corrected chi connectivity index (χ0v) is 16.9. The van der Waals surface area contributed by atoms with Crippen LogP contribution >= 0.6 is 0 Å². The molecule has 2 atom stereocenters. The molecule has 0 bridgehead atoms. The van der Waals surface area contributed by atoms with Crippen LogP contribution in [0, 0.1) is 11.8 Å². The standard InChI is InChI=1S/C21H35N3O4/c25-19(7-6-16-8-10-22-11-9-16)23-12-3-4-17(15-23)21(28)24-13-2-1-5-18(24)14-20(26)27/h16-18,22H,1-15H2,(H,26,27)/t17-,18?/m1/s1. The number of hydrogen-bond acceptors (Lipinski definition) is 4. The smallest absolute Gasteiger partial charge is 0.305 e. The molecule has 3 saturated heterocycles. The van der Waals surface area contributed by atoms with Crippen LogP contribution in [0.2, 0.25) is 0 Å². The van der Waals surface area contributed by atoms with E-state index in [4.69, 9.17) is 5.11 Å². The van der Waals surface area contributed by atoms with E-state index in [0.29, 0.717) is 25.4 Å². The summed E-state index contributed by atoms with van der Waals surface area (Å²) in [4.78, 5) is 40.6. The fraction of sp³-hybridized carbons (Fsp3) is 0.857. The molecule has 7 nitrogen and oxygen atoms in total. The lowest BCUT2D eigenvalue weighted by Crippen LogP contribution is -2.51. The number of rotatable bonds is 6. The van der Waals surface area contributed by atoms with Crippen molar-refractivity contribution >= 4 is 17.8 Å². The first-order valence-electron chi connectivity index (χ1n) is 11.1. The van der Waals surface area contributed by atoms with E-state index in [1.807, 2.05) is 4.90 Å². The van der Waals surface area contributed by atoms with Gasteiger partial charge in [0.2, 0.25) is 11.8 Å². The predicted molar refractivity (Wildman–Crippen MR) is 106 cm³/mol. The molecule has 0 radical (unpaired) electrons. The molecule has 0 aromatic rings. The van der Waals surface area contributed by atoms with E-state index in [2.05, 4.69) is 5.32 Å². The minimum absolute atomic E-state index is 0.0251. The summed E-state index contributed by atoms with van der Waals surface area (Å²) >= 11 is 0. The molecule has 1 unspecified atom stereocenters. The van der Waals surface area contributed by atoms with Crippen molar-refractivity contribution in [3.63, 3.8) is 0 Å². The highest BCUT2D eigenvalue weighted by molar-refractivity contribution is 5.82. The second kappa shape index (κ2) is 10.2. The van der Waals surface area contributed by atoms with Crippen molar-refractivity contribution in [2.75, 3.05) is 32.7 Å². The lowest BCUT2D eigenvalue weighted by molar-refractivity contribution is -0.146. The van der Waals surface area contributed by atoms with E-state index in [0.717, 1.165) is 71.0 Å². The van der Waals surface area contributed by atoms with Crippen LogP contribution in [-0.2, 0) is 14.4 Å². The summed E-state index contributed by atoms with van der Waals surface area (Å²) in [6.45, 7) is 3.99. The zero-order chi connectivity index (χ0) is 19.9. The average molecular weight is 394 g/mol. The SMILES string of the molecule is O=C(O)CC1CCCCN1C(=O)[C@@H]1CCCN(C(=O)CCC2CCNCC2)C1. The highest BCUT2D eigenvalue weighted by atomic mass is 16.4. The van der Waals surface area contributed by atoms with Crippen LogP contribution in [0.1, 0.15) is 64.2 Å². The highest BCUT2D eigenvalue weighted by Gasteiger charge is 2.35. The van der Waals surface area contributed by atoms with Crippen molar-refractivity contribution in [2.24, 2.45) is 11.8 Å². The topological polar surface area (TPSA) is 90.0 Å². The Morgan fingerprint density at radius 1 is 0.964 bits per heavy atom. The van der Waals surface area contributed by atoms with Gasteiger partial charge < -0.3 is 20.2 Å². The molecule has 2 N–H and O–H groups in total. The van der Waals surface area contributed by atoms with Gasteiger partial charge in [-0.1, -0.05) is 0 Å². The molecule has 0 spiro atoms. The second-order valence-electron chi connectivity index (χ2n) is 8.69. The van der Waals surface area contributed by atoms with E-state index in [-0.39, 0.29) is 30.2 Å². The molecule has 3 aliphatic rings. The van der Waals surface area contributed by atoms with E-state index in [1.165, 1.54) is 0 Å². The third-order valence-electron chi connectivity index (χ3n) is 6.67. The van der Waals surface area contributed by atoms with Gasteiger partial charge in [0, 0.05) is 32.1 Å². The number of piperidine rings is 3. The Labute approximate surface area is 167 Å². The number of hydrogen-bond donors (Lipinski definition) is 2. The van der Waals surface area contributed by atoms with Gasteiger partial charge in [-0.05, 0) is 70.4 Å². The molecule has 3 rings (SSSR count). The lowest BCUT2D eigenvalue weighted by atomic mass is 9.91. The molecule has 3 heterocycles. The monoisotopic (exact) mass is 393 g/mol. The first-order chi connectivity index (χ1) is 13.5. The normalized spacial score (nSPS) is 26.9. The lowest BCUT2D eigenvalue weighted by Gasteiger charge is -2.40. The van der Waals surface area contributed by atoms with E-state index < -0.39 is 5.97 Å². The summed E-state index contributed by atoms with van der Waals surface area (Å²) < 4.78 is 0. The van der Waals surface area contributed by atoms with E-state index in [9.17, 15) is 14.4 Å².